The number of nitrogens with zero attached hydrogens (tertiary/aromatic N) is 2. The van der Waals surface area contributed by atoms with Crippen molar-refractivity contribution in [1.29, 1.82) is 0 Å². The third kappa shape index (κ3) is 1.90. The minimum absolute atomic E-state index is 0.722. The Labute approximate surface area is 67.5 Å². The Bertz CT molecular complexity index is 177. The molecule has 3 heteroatoms. The molecule has 1 heterocycles. The van der Waals surface area contributed by atoms with Crippen LogP contribution in [0.15, 0.2) is 24.9 Å². The highest BCUT2D eigenvalue weighted by Gasteiger charge is 2.06. The van der Waals surface area contributed by atoms with Gasteiger partial charge in [0.05, 0.1) is 12.8 Å². The first kappa shape index (κ1) is 7.98. The van der Waals surface area contributed by atoms with Gasteiger partial charge in [0.25, 0.3) is 0 Å². The first-order valence-corrected chi connectivity index (χ1v) is 3.63. The molecule has 0 fully saturated rings. The van der Waals surface area contributed by atoms with Crippen molar-refractivity contribution in [3.05, 3.63) is 24.9 Å². The van der Waals surface area contributed by atoms with E-state index in [1.807, 2.05) is 25.2 Å². The summed E-state index contributed by atoms with van der Waals surface area (Å²) in [5.41, 5.74) is 0. The molecule has 3 nitrogen and oxygen atoms in total. The first-order valence-electron chi connectivity index (χ1n) is 3.63. The standard InChI is InChI=1S/C8H14N2O/c1-8-9(2)4-6-11-7-5-10(8)3/h4,6H,1,5,7H2,2-3H3/b6-4-. The van der Waals surface area contributed by atoms with Gasteiger partial charge in [0.1, 0.15) is 12.4 Å². The predicted octanol–water partition coefficient (Wildman–Crippen LogP) is 0.823. The van der Waals surface area contributed by atoms with E-state index in [0.717, 1.165) is 19.0 Å². The van der Waals surface area contributed by atoms with Gasteiger partial charge in [0.2, 0.25) is 0 Å². The van der Waals surface area contributed by atoms with Gasteiger partial charge in [0.15, 0.2) is 0 Å². The predicted molar refractivity (Wildman–Crippen MR) is 44.6 cm³/mol. The Morgan fingerprint density at radius 2 is 2.27 bits per heavy atom. The lowest BCUT2D eigenvalue weighted by Crippen LogP contribution is -2.30. The molecule has 1 rings (SSSR count). The van der Waals surface area contributed by atoms with E-state index < -0.39 is 0 Å². The van der Waals surface area contributed by atoms with Gasteiger partial charge in [-0.15, -0.1) is 0 Å². The Morgan fingerprint density at radius 1 is 1.55 bits per heavy atom. The minimum Gasteiger partial charge on any atom is -0.498 e. The SMILES string of the molecule is C=C1N(C)/C=C\OCCN1C. The van der Waals surface area contributed by atoms with E-state index in [9.17, 15) is 0 Å². The summed E-state index contributed by atoms with van der Waals surface area (Å²) in [5, 5.41) is 0. The Kier molecular flexibility index (Phi) is 2.41. The van der Waals surface area contributed by atoms with E-state index in [2.05, 4.69) is 11.5 Å². The van der Waals surface area contributed by atoms with Crippen molar-refractivity contribution >= 4 is 0 Å². The number of rotatable bonds is 0. The number of hydrogen-bond donors (Lipinski definition) is 0. The molecule has 0 unspecified atom stereocenters. The van der Waals surface area contributed by atoms with Gasteiger partial charge < -0.3 is 14.5 Å². The van der Waals surface area contributed by atoms with Gasteiger partial charge in [-0.3, -0.25) is 0 Å². The lowest BCUT2D eigenvalue weighted by Gasteiger charge is -2.28. The molecule has 0 saturated heterocycles. The number of likely N-dealkylation sites (N-methyl/N-ethyl adjacent to an activating group) is 1. The van der Waals surface area contributed by atoms with Gasteiger partial charge in [-0.1, -0.05) is 6.58 Å². The Balaban J connectivity index is 2.64. The van der Waals surface area contributed by atoms with Crippen molar-refractivity contribution in [2.75, 3.05) is 27.2 Å². The second-order valence-corrected chi connectivity index (χ2v) is 2.60. The molecule has 1 aliphatic heterocycles. The number of hydrogen-bond acceptors (Lipinski definition) is 3. The minimum atomic E-state index is 0.722. The molecule has 0 aliphatic carbocycles. The van der Waals surface area contributed by atoms with E-state index in [-0.39, 0.29) is 0 Å². The Morgan fingerprint density at radius 3 is 3.00 bits per heavy atom. The molecule has 62 valence electrons. The third-order valence-corrected chi connectivity index (χ3v) is 1.77. The first-order chi connectivity index (χ1) is 5.22. The van der Waals surface area contributed by atoms with Crippen LogP contribution in [0, 0.1) is 0 Å². The van der Waals surface area contributed by atoms with Crippen LogP contribution in [0.3, 0.4) is 0 Å². The van der Waals surface area contributed by atoms with Crippen LogP contribution < -0.4 is 0 Å². The quantitative estimate of drug-likeness (QED) is 0.514. The van der Waals surface area contributed by atoms with Gasteiger partial charge >= 0.3 is 0 Å². The molecule has 0 aromatic carbocycles. The Hall–Kier alpha value is -1.12. The van der Waals surface area contributed by atoms with Gasteiger partial charge in [-0.25, -0.2) is 0 Å². The smallest absolute Gasteiger partial charge is 0.105 e. The van der Waals surface area contributed by atoms with Crippen molar-refractivity contribution in [3.63, 3.8) is 0 Å². The maximum Gasteiger partial charge on any atom is 0.105 e. The molecule has 0 saturated carbocycles. The summed E-state index contributed by atoms with van der Waals surface area (Å²) in [5.74, 6) is 0.990. The van der Waals surface area contributed by atoms with Crippen LogP contribution in [0.5, 0.6) is 0 Å². The maximum atomic E-state index is 5.16. The molecule has 0 radical (unpaired) electrons. The number of ether oxygens (including phenoxy) is 1. The summed E-state index contributed by atoms with van der Waals surface area (Å²) in [4.78, 5) is 3.99. The zero-order valence-electron chi connectivity index (χ0n) is 7.08. The molecule has 0 aromatic heterocycles. The van der Waals surface area contributed by atoms with Crippen molar-refractivity contribution in [1.82, 2.24) is 9.80 Å². The van der Waals surface area contributed by atoms with Crippen LogP contribution in [-0.2, 0) is 4.74 Å². The molecule has 0 N–H and O–H groups in total. The molecule has 0 atom stereocenters. The molecule has 0 aromatic rings. The fourth-order valence-corrected chi connectivity index (χ4v) is 0.876. The van der Waals surface area contributed by atoms with Crippen LogP contribution in [0.2, 0.25) is 0 Å². The average Bonchev–Trinajstić information content (AvgIpc) is 2.00. The molecular formula is C8H14N2O. The van der Waals surface area contributed by atoms with E-state index in [0.29, 0.717) is 0 Å². The monoisotopic (exact) mass is 154 g/mol. The summed E-state index contributed by atoms with van der Waals surface area (Å²) in [6.07, 6.45) is 3.55. The molecule has 0 amide bonds. The van der Waals surface area contributed by atoms with E-state index in [1.54, 1.807) is 6.26 Å². The highest BCUT2D eigenvalue weighted by atomic mass is 16.5. The summed E-state index contributed by atoms with van der Waals surface area (Å²) in [7, 11) is 3.95. The summed E-state index contributed by atoms with van der Waals surface area (Å²) < 4.78 is 5.16. The van der Waals surface area contributed by atoms with Gasteiger partial charge in [-0.2, -0.15) is 0 Å². The second-order valence-electron chi connectivity index (χ2n) is 2.60. The van der Waals surface area contributed by atoms with Crippen LogP contribution in [0.25, 0.3) is 0 Å². The van der Waals surface area contributed by atoms with Crippen LogP contribution in [0.1, 0.15) is 0 Å². The van der Waals surface area contributed by atoms with E-state index in [1.165, 1.54) is 0 Å². The third-order valence-electron chi connectivity index (χ3n) is 1.77. The lowest BCUT2D eigenvalue weighted by molar-refractivity contribution is 0.180. The molecular weight excluding hydrogens is 140 g/mol. The van der Waals surface area contributed by atoms with Crippen LogP contribution in [0.4, 0.5) is 0 Å². The fourth-order valence-electron chi connectivity index (χ4n) is 0.876. The largest absolute Gasteiger partial charge is 0.498 e. The topological polar surface area (TPSA) is 15.7 Å². The molecule has 0 spiro atoms. The highest BCUT2D eigenvalue weighted by Crippen LogP contribution is 2.06. The zero-order valence-corrected chi connectivity index (χ0v) is 7.08. The molecule has 0 bridgehead atoms. The second kappa shape index (κ2) is 3.32. The van der Waals surface area contributed by atoms with E-state index >= 15 is 0 Å². The van der Waals surface area contributed by atoms with E-state index in [4.69, 9.17) is 4.74 Å². The maximum absolute atomic E-state index is 5.16. The average molecular weight is 154 g/mol. The molecule has 11 heavy (non-hydrogen) atoms. The van der Waals surface area contributed by atoms with Gasteiger partial charge in [0, 0.05) is 20.3 Å². The van der Waals surface area contributed by atoms with Crippen LogP contribution in [-0.4, -0.2) is 37.0 Å². The van der Waals surface area contributed by atoms with Crippen LogP contribution >= 0.6 is 0 Å². The van der Waals surface area contributed by atoms with Crippen molar-refractivity contribution in [3.8, 4) is 0 Å². The normalized spacial score (nSPS) is 22.2. The highest BCUT2D eigenvalue weighted by molar-refractivity contribution is 4.97. The fraction of sp³-hybridized carbons (Fsp3) is 0.500. The van der Waals surface area contributed by atoms with Crippen molar-refractivity contribution in [2.45, 2.75) is 0 Å². The van der Waals surface area contributed by atoms with Gasteiger partial charge in [-0.05, 0) is 0 Å². The molecule has 1 aliphatic rings. The zero-order chi connectivity index (χ0) is 8.27. The summed E-state index contributed by atoms with van der Waals surface area (Å²) in [6, 6.07) is 0. The van der Waals surface area contributed by atoms with Crippen molar-refractivity contribution in [2.24, 2.45) is 0 Å². The lowest BCUT2D eigenvalue weighted by atomic mass is 10.5. The van der Waals surface area contributed by atoms with Crippen molar-refractivity contribution < 1.29 is 4.74 Å². The summed E-state index contributed by atoms with van der Waals surface area (Å²) >= 11 is 0. The summed E-state index contributed by atoms with van der Waals surface area (Å²) in [6.45, 7) is 5.53.